The van der Waals surface area contributed by atoms with E-state index < -0.39 is 0 Å². The fourth-order valence-electron chi connectivity index (χ4n) is 3.78. The van der Waals surface area contributed by atoms with Gasteiger partial charge in [0.1, 0.15) is 12.3 Å². The Balaban J connectivity index is 1.53. The highest BCUT2D eigenvalue weighted by Crippen LogP contribution is 2.23. The van der Waals surface area contributed by atoms with E-state index in [1.165, 1.54) is 15.5 Å². The highest BCUT2D eigenvalue weighted by molar-refractivity contribution is 5.90. The molecule has 1 aliphatic rings. The van der Waals surface area contributed by atoms with E-state index in [4.69, 9.17) is 4.74 Å². The van der Waals surface area contributed by atoms with Crippen LogP contribution >= 0.6 is 0 Å². The topological polar surface area (TPSA) is 93.8 Å². The number of nitrogens with one attached hydrogen (secondary N) is 1. The van der Waals surface area contributed by atoms with Crippen LogP contribution in [0.1, 0.15) is 26.7 Å². The molecule has 1 amide bonds. The Kier molecular flexibility index (Phi) is 5.69. The van der Waals surface area contributed by atoms with Crippen LogP contribution in [0.25, 0.3) is 5.65 Å². The molecule has 9 heteroatoms. The third kappa shape index (κ3) is 4.14. The molecule has 1 atom stereocenters. The van der Waals surface area contributed by atoms with Crippen LogP contribution in [0.4, 0.5) is 11.5 Å². The van der Waals surface area contributed by atoms with Crippen molar-refractivity contribution in [3.8, 4) is 5.75 Å². The predicted octanol–water partition coefficient (Wildman–Crippen LogP) is 2.16. The molecule has 3 aromatic rings. The molecule has 1 aromatic carbocycles. The summed E-state index contributed by atoms with van der Waals surface area (Å²) < 4.78 is 8.03. The van der Waals surface area contributed by atoms with Gasteiger partial charge in [0.15, 0.2) is 5.82 Å². The van der Waals surface area contributed by atoms with E-state index in [0.717, 1.165) is 25.3 Å². The summed E-state index contributed by atoms with van der Waals surface area (Å²) in [5.41, 5.74) is 0.746. The van der Waals surface area contributed by atoms with Gasteiger partial charge in [0.05, 0.1) is 6.61 Å². The van der Waals surface area contributed by atoms with Crippen molar-refractivity contribution < 1.29 is 9.53 Å². The van der Waals surface area contributed by atoms with Crippen molar-refractivity contribution in [1.82, 2.24) is 19.2 Å². The molecule has 3 heterocycles. The number of fused-ring (bicyclic) bond motifs is 1. The molecule has 0 saturated carbocycles. The molecule has 4 rings (SSSR count). The van der Waals surface area contributed by atoms with Crippen LogP contribution in [0.15, 0.2) is 41.5 Å². The number of anilines is 2. The Morgan fingerprint density at radius 1 is 1.30 bits per heavy atom. The normalized spacial score (nSPS) is 16.6. The molecule has 158 valence electrons. The number of piperidine rings is 1. The molecule has 0 radical (unpaired) electrons. The number of carbonyl (C=O) groups excluding carboxylic acids is 1. The second kappa shape index (κ2) is 8.56. The lowest BCUT2D eigenvalue weighted by Gasteiger charge is -2.31. The van der Waals surface area contributed by atoms with Crippen molar-refractivity contribution in [2.75, 3.05) is 29.9 Å². The van der Waals surface area contributed by atoms with Crippen molar-refractivity contribution in [2.24, 2.45) is 5.92 Å². The van der Waals surface area contributed by atoms with E-state index in [9.17, 15) is 9.59 Å². The molecule has 1 fully saturated rings. The van der Waals surface area contributed by atoms with E-state index in [1.807, 2.05) is 6.92 Å². The Bertz CT molecular complexity index is 1090. The molecule has 1 N–H and O–H groups in total. The number of aromatic nitrogens is 4. The summed E-state index contributed by atoms with van der Waals surface area (Å²) in [6.07, 6.45) is 5.46. The van der Waals surface area contributed by atoms with E-state index in [-0.39, 0.29) is 18.1 Å². The lowest BCUT2D eigenvalue weighted by atomic mass is 10.0. The summed E-state index contributed by atoms with van der Waals surface area (Å²) >= 11 is 0. The minimum atomic E-state index is -0.361. The average Bonchev–Trinajstić information content (AvgIpc) is 3.05. The number of amides is 1. The fourth-order valence-corrected chi connectivity index (χ4v) is 3.78. The van der Waals surface area contributed by atoms with Crippen LogP contribution in [0.3, 0.4) is 0 Å². The molecule has 2 aromatic heterocycles. The molecule has 0 unspecified atom stereocenters. The molecule has 0 aliphatic carbocycles. The summed E-state index contributed by atoms with van der Waals surface area (Å²) in [6.45, 7) is 6.29. The molecule has 1 aliphatic heterocycles. The van der Waals surface area contributed by atoms with Gasteiger partial charge in [0, 0.05) is 31.2 Å². The van der Waals surface area contributed by atoms with Crippen LogP contribution < -0.4 is 20.6 Å². The summed E-state index contributed by atoms with van der Waals surface area (Å²) in [7, 11) is 0. The van der Waals surface area contributed by atoms with Gasteiger partial charge in [0.2, 0.25) is 11.6 Å². The zero-order valence-electron chi connectivity index (χ0n) is 17.2. The van der Waals surface area contributed by atoms with Gasteiger partial charge in [-0.15, -0.1) is 5.10 Å². The van der Waals surface area contributed by atoms with Crippen molar-refractivity contribution in [1.29, 1.82) is 0 Å². The van der Waals surface area contributed by atoms with E-state index >= 15 is 0 Å². The van der Waals surface area contributed by atoms with Gasteiger partial charge in [-0.2, -0.15) is 0 Å². The Morgan fingerprint density at radius 2 is 2.10 bits per heavy atom. The van der Waals surface area contributed by atoms with Crippen LogP contribution in [0.2, 0.25) is 0 Å². The Labute approximate surface area is 174 Å². The SMILES string of the molecule is CCOc1ccc(NC(=O)Cn2nc3c(N4CCC[C@H](C)C4)nccn3c2=O)cc1. The van der Waals surface area contributed by atoms with Crippen molar-refractivity contribution in [3.05, 3.63) is 47.1 Å². The molecule has 1 saturated heterocycles. The molecule has 0 bridgehead atoms. The second-order valence-electron chi connectivity index (χ2n) is 7.58. The number of rotatable bonds is 6. The van der Waals surface area contributed by atoms with Gasteiger partial charge in [-0.05, 0) is 49.9 Å². The highest BCUT2D eigenvalue weighted by atomic mass is 16.5. The molecular formula is C21H26N6O3. The third-order valence-corrected chi connectivity index (χ3v) is 5.18. The smallest absolute Gasteiger partial charge is 0.350 e. The van der Waals surface area contributed by atoms with Crippen LogP contribution in [-0.2, 0) is 11.3 Å². The number of nitrogens with zero attached hydrogens (tertiary/aromatic N) is 5. The van der Waals surface area contributed by atoms with Gasteiger partial charge in [0.25, 0.3) is 0 Å². The first kappa shape index (κ1) is 19.9. The summed E-state index contributed by atoms with van der Waals surface area (Å²) in [4.78, 5) is 31.9. The van der Waals surface area contributed by atoms with E-state index in [0.29, 0.717) is 29.7 Å². The number of hydrogen-bond acceptors (Lipinski definition) is 6. The number of ether oxygens (including phenoxy) is 1. The standard InChI is InChI=1S/C21H26N6O3/c1-3-30-17-8-6-16(7-9-17)23-18(28)14-27-21(29)26-12-10-22-19(20(26)24-27)25-11-4-5-15(2)13-25/h6-10,12,15H,3-5,11,13-14H2,1-2H3,(H,23,28)/t15-/m0/s1. The lowest BCUT2D eigenvalue weighted by Crippen LogP contribution is -2.35. The van der Waals surface area contributed by atoms with E-state index in [1.54, 1.807) is 36.7 Å². The maximum Gasteiger partial charge on any atom is 0.350 e. The van der Waals surface area contributed by atoms with Gasteiger partial charge in [-0.1, -0.05) is 6.92 Å². The van der Waals surface area contributed by atoms with Crippen molar-refractivity contribution in [3.63, 3.8) is 0 Å². The van der Waals surface area contributed by atoms with Crippen molar-refractivity contribution >= 4 is 23.1 Å². The van der Waals surface area contributed by atoms with Gasteiger partial charge in [-0.3, -0.25) is 4.79 Å². The molecular weight excluding hydrogens is 384 g/mol. The highest BCUT2D eigenvalue weighted by Gasteiger charge is 2.22. The van der Waals surface area contributed by atoms with Gasteiger partial charge in [-0.25, -0.2) is 18.9 Å². The first-order valence-corrected chi connectivity index (χ1v) is 10.3. The summed E-state index contributed by atoms with van der Waals surface area (Å²) in [6, 6.07) is 7.09. The predicted molar refractivity (Wildman–Crippen MR) is 114 cm³/mol. The largest absolute Gasteiger partial charge is 0.494 e. The zero-order chi connectivity index (χ0) is 21.1. The van der Waals surface area contributed by atoms with Crippen LogP contribution in [-0.4, -0.2) is 44.8 Å². The Hall–Kier alpha value is -3.36. The minimum absolute atomic E-state index is 0.177. The quantitative estimate of drug-likeness (QED) is 0.669. The van der Waals surface area contributed by atoms with Gasteiger partial charge >= 0.3 is 5.69 Å². The minimum Gasteiger partial charge on any atom is -0.494 e. The first-order chi connectivity index (χ1) is 14.5. The maximum atomic E-state index is 12.8. The lowest BCUT2D eigenvalue weighted by molar-refractivity contribution is -0.117. The maximum absolute atomic E-state index is 12.8. The first-order valence-electron chi connectivity index (χ1n) is 10.3. The monoisotopic (exact) mass is 410 g/mol. The van der Waals surface area contributed by atoms with Gasteiger partial charge < -0.3 is 15.0 Å². The number of carbonyl (C=O) groups is 1. The molecule has 0 spiro atoms. The summed E-state index contributed by atoms with van der Waals surface area (Å²) in [5.74, 6) is 1.66. The average molecular weight is 410 g/mol. The number of hydrogen-bond donors (Lipinski definition) is 1. The second-order valence-corrected chi connectivity index (χ2v) is 7.58. The van der Waals surface area contributed by atoms with Crippen LogP contribution in [0, 0.1) is 5.92 Å². The van der Waals surface area contributed by atoms with Crippen molar-refractivity contribution in [2.45, 2.75) is 33.2 Å². The fraction of sp³-hybridized carbons (Fsp3) is 0.429. The van der Waals surface area contributed by atoms with E-state index in [2.05, 4.69) is 27.2 Å². The Morgan fingerprint density at radius 3 is 2.83 bits per heavy atom. The molecule has 9 nitrogen and oxygen atoms in total. The summed E-state index contributed by atoms with van der Waals surface area (Å²) in [5, 5.41) is 7.20. The third-order valence-electron chi connectivity index (χ3n) is 5.18. The van der Waals surface area contributed by atoms with Crippen LogP contribution in [0.5, 0.6) is 5.75 Å². The zero-order valence-corrected chi connectivity index (χ0v) is 17.2. The number of benzene rings is 1. The molecule has 30 heavy (non-hydrogen) atoms.